The van der Waals surface area contributed by atoms with Crippen LogP contribution in [0.15, 0.2) is 0 Å². The lowest BCUT2D eigenvalue weighted by Crippen LogP contribution is -2.66. The molecule has 23 heteroatoms. The molecule has 6 N–H and O–H groups in total. The Bertz CT molecular complexity index is 2170. The number of aliphatic carboxylic acids is 1. The van der Waals surface area contributed by atoms with Gasteiger partial charge in [0.25, 0.3) is 0 Å². The molecule has 0 aromatic rings. The Balaban J connectivity index is 0.0000143. The first-order valence-electron chi connectivity index (χ1n) is 42.1. The molecule has 104 heavy (non-hydrogen) atoms. The number of aliphatic hydroxyl groups excluding tert-OH is 1. The maximum atomic E-state index is 14.7. The first kappa shape index (κ1) is 100. The van der Waals surface area contributed by atoms with Gasteiger partial charge >= 0.3 is 37.7 Å². The molecule has 1 aliphatic rings. The second-order valence-electron chi connectivity index (χ2n) is 29.0. The first-order valence-corrected chi connectivity index (χ1v) is 43.7. The van der Waals surface area contributed by atoms with E-state index >= 15 is 0 Å². The predicted molar refractivity (Wildman–Crippen MR) is 413 cm³/mol. The minimum atomic E-state index is -5.55. The molecule has 1 rings (SSSR count). The van der Waals surface area contributed by atoms with Crippen LogP contribution >= 0.6 is 7.82 Å². The monoisotopic (exact) mass is 1500 g/mol. The third kappa shape index (κ3) is 56.5. The molecule has 0 unspecified atom stereocenters. The molecule has 1 fully saturated rings. The van der Waals surface area contributed by atoms with E-state index in [9.17, 15) is 58.1 Å². The van der Waals surface area contributed by atoms with Crippen LogP contribution in [0.25, 0.3) is 0 Å². The number of aliphatic hydroxyl groups is 1. The number of carbonyl (C=O) groups excluding carboxylic acids is 6. The van der Waals surface area contributed by atoms with Crippen molar-refractivity contribution in [3.63, 3.8) is 0 Å². The Morgan fingerprint density at radius 1 is 0.423 bits per heavy atom. The summed E-state index contributed by atoms with van der Waals surface area (Å²) in [6, 6.07) is -3.59. The van der Waals surface area contributed by atoms with Gasteiger partial charge in [-0.25, -0.2) is 9.36 Å². The highest BCUT2D eigenvalue weighted by Crippen LogP contribution is 2.42. The molecule has 0 aliphatic carbocycles. The number of hydrogen-bond donors (Lipinski definition) is 6. The van der Waals surface area contributed by atoms with Crippen LogP contribution in [0.4, 0.5) is 0 Å². The molecule has 0 saturated carbocycles. The van der Waals surface area contributed by atoms with Gasteiger partial charge in [-0.1, -0.05) is 293 Å². The third-order valence-corrected chi connectivity index (χ3v) is 20.1. The molecule has 0 aromatic carbocycles. The molecule has 2 amide bonds. The summed E-state index contributed by atoms with van der Waals surface area (Å²) in [5, 5.41) is 26.8. The summed E-state index contributed by atoms with van der Waals surface area (Å²) in [5.41, 5.74) is 0. The zero-order valence-corrected chi connectivity index (χ0v) is 68.0. The number of amides is 2. The fourth-order valence-corrected chi connectivity index (χ4v) is 13.7. The van der Waals surface area contributed by atoms with E-state index in [4.69, 9.17) is 32.9 Å². The van der Waals surface area contributed by atoms with Gasteiger partial charge in [0, 0.05) is 19.3 Å². The summed E-state index contributed by atoms with van der Waals surface area (Å²) < 4.78 is 54.5. The van der Waals surface area contributed by atoms with Crippen molar-refractivity contribution in [1.82, 2.24) is 15.5 Å². The second kappa shape index (κ2) is 68.5. The van der Waals surface area contributed by atoms with Gasteiger partial charge in [-0.3, -0.25) is 33.3 Å². The molecular formula is C81H154N3O19P. The lowest BCUT2D eigenvalue weighted by atomic mass is 9.95. The summed E-state index contributed by atoms with van der Waals surface area (Å²) in [6.45, 7) is 21.0. The van der Waals surface area contributed by atoms with Crippen molar-refractivity contribution in [2.24, 2.45) is 0 Å². The van der Waals surface area contributed by atoms with E-state index in [0.717, 1.165) is 186 Å². The van der Waals surface area contributed by atoms with Crippen LogP contribution in [0.3, 0.4) is 0 Å². The van der Waals surface area contributed by atoms with Crippen molar-refractivity contribution in [3.8, 4) is 0 Å². The van der Waals surface area contributed by atoms with Crippen molar-refractivity contribution in [3.05, 3.63) is 0 Å². The fraction of sp³-hybridized carbons (Fsp3) is 0.914. The van der Waals surface area contributed by atoms with Gasteiger partial charge in [0.05, 0.1) is 32.5 Å². The van der Waals surface area contributed by atoms with Crippen LogP contribution in [0.2, 0.25) is 0 Å². The number of rotatable bonds is 70. The molecule has 0 aromatic heterocycles. The first-order chi connectivity index (χ1) is 50.2. The highest BCUT2D eigenvalue weighted by molar-refractivity contribution is 7.46. The van der Waals surface area contributed by atoms with E-state index in [-0.39, 0.29) is 32.1 Å². The summed E-state index contributed by atoms with van der Waals surface area (Å²) in [4.78, 5) is 120. The molecule has 1 saturated heterocycles. The normalized spacial score (nSPS) is 17.1. The molecule has 9 atom stereocenters. The molecule has 22 nitrogen and oxygen atoms in total. The number of phosphoric ester groups is 1. The highest BCUT2D eigenvalue weighted by Gasteiger charge is 2.52. The van der Waals surface area contributed by atoms with Crippen molar-refractivity contribution in [2.75, 3.05) is 32.8 Å². The number of carbonyl (C=O) groups is 7. The van der Waals surface area contributed by atoms with Crippen molar-refractivity contribution in [2.45, 2.75) is 445 Å². The van der Waals surface area contributed by atoms with E-state index < -0.39 is 131 Å². The van der Waals surface area contributed by atoms with E-state index in [1.807, 2.05) is 0 Å². The summed E-state index contributed by atoms with van der Waals surface area (Å²) in [5.74, 6) is -5.58. The second-order valence-corrected chi connectivity index (χ2v) is 30.2. The van der Waals surface area contributed by atoms with Gasteiger partial charge in [-0.15, -0.1) is 0 Å². The minimum Gasteiger partial charge on any atom is -0.480 e. The van der Waals surface area contributed by atoms with Crippen LogP contribution in [0.5, 0.6) is 0 Å². The number of ether oxygens (including phenoxy) is 6. The van der Waals surface area contributed by atoms with E-state index in [1.54, 1.807) is 0 Å². The smallest absolute Gasteiger partial charge is 0.470 e. The Labute approximate surface area is 630 Å². The maximum Gasteiger partial charge on any atom is 0.470 e. The zero-order chi connectivity index (χ0) is 77.3. The quantitative estimate of drug-likeness (QED) is 0.0143. The number of phosphoric acid groups is 1. The van der Waals surface area contributed by atoms with Crippen LogP contribution in [0, 0.1) is 0 Å². The molecule has 0 radical (unpaired) electrons. The maximum absolute atomic E-state index is 14.7. The molecule has 612 valence electrons. The number of hydrogen-bond acceptors (Lipinski definition) is 17. The highest BCUT2D eigenvalue weighted by atomic mass is 31.2. The number of nitrogens with zero attached hydrogens (tertiary/aromatic N) is 1. The van der Waals surface area contributed by atoms with Gasteiger partial charge < -0.3 is 64.0 Å². The van der Waals surface area contributed by atoms with Gasteiger partial charge in [0.2, 0.25) is 11.8 Å². The van der Waals surface area contributed by atoms with Crippen molar-refractivity contribution < 1.29 is 91.1 Å². The van der Waals surface area contributed by atoms with Crippen molar-refractivity contribution in [1.29, 1.82) is 0 Å². The van der Waals surface area contributed by atoms with E-state index in [1.165, 1.54) is 64.6 Å². The van der Waals surface area contributed by atoms with Gasteiger partial charge in [0.15, 0.2) is 18.4 Å². The van der Waals surface area contributed by atoms with Crippen molar-refractivity contribution >= 4 is 49.5 Å². The largest absolute Gasteiger partial charge is 0.480 e. The molecule has 0 bridgehead atoms. The number of carboxylic acids is 1. The number of nitrogens with one attached hydrogen (secondary N) is 2. The number of carboxylic acid groups (broad SMARTS) is 1. The summed E-state index contributed by atoms with van der Waals surface area (Å²) in [6.07, 6.45) is 30.8. The van der Waals surface area contributed by atoms with Crippen LogP contribution < -0.4 is 10.6 Å². The average Bonchev–Trinajstić information content (AvgIpc) is 0.780. The van der Waals surface area contributed by atoms with Gasteiger partial charge in [-0.2, -0.15) is 0 Å². The Morgan fingerprint density at radius 2 is 0.740 bits per heavy atom. The third-order valence-electron chi connectivity index (χ3n) is 19.5. The molecular weight excluding hydrogens is 1350 g/mol. The lowest BCUT2D eigenvalue weighted by molar-refractivity contribution is -0.272. The van der Waals surface area contributed by atoms with Crippen LogP contribution in [-0.2, 0) is 71.1 Å². The van der Waals surface area contributed by atoms with E-state index in [0.29, 0.717) is 51.4 Å². The Kier molecular flexibility index (Phi) is 66.0. The number of unbranched alkanes of at least 4 members (excludes halogenated alkanes) is 36. The standard InChI is InChI=1S/C75H139N2O19P.C6H15N/c1-7-13-19-25-28-31-34-40-43-49-60(91-67(81)52-46-37-22-16-10-4)55-65(79)76-63(74(85)86)59-90-75-71(77-66(80)56-61(92-68(82)53-47-38-23-17-11-5)50-44-41-35-32-29-26-20-14-8-2)73(72(64(58-78)94-75)96-97(87,88)89)95-70(84)57-62(93-69(83)54-48-39-24-18-12-6)51-45-42-36-33-30-27-21-15-9-3;1-4-7(5-2)6-3/h60-64,71-73,75,78H,7-59H2,1-6H3,(H,76,79)(H,77,80)(H,85,86)(H2,87,88,89);4-6H2,1-3H3/t60-,61-,62-,63+,64-,71-,72-,73-,75-;/m1./s1. The summed E-state index contributed by atoms with van der Waals surface area (Å²) in [7, 11) is -5.55. The minimum absolute atomic E-state index is 0.120. The SMILES string of the molecule is CCCCCCCCCCC[C@H](CC(=O)N[C@H]1[C@H](OC[C@H](NC(=O)C[C@@H](CCCCCCCCCCC)OC(=O)CCCCCCC)C(=O)O)O[C@H](CO)[C@@H](OP(=O)(O)O)[C@@H]1OC(=O)C[C@@H](CCCCCCCCCCC)OC(=O)CCCCCCC)OC(=O)CCCCCCC.CCN(CC)CC. The molecule has 0 spiro atoms. The number of esters is 4. The predicted octanol–water partition coefficient (Wildman–Crippen LogP) is 18.3. The van der Waals surface area contributed by atoms with E-state index in [2.05, 4.69) is 77.8 Å². The Hall–Kier alpha value is -3.76. The van der Waals surface area contributed by atoms with Crippen LogP contribution in [0.1, 0.15) is 390 Å². The summed E-state index contributed by atoms with van der Waals surface area (Å²) >= 11 is 0. The fourth-order valence-electron chi connectivity index (χ4n) is 13.1. The molecule has 1 aliphatic heterocycles. The van der Waals surface area contributed by atoms with Crippen LogP contribution in [-0.4, -0.2) is 154 Å². The van der Waals surface area contributed by atoms with Gasteiger partial charge in [-0.05, 0) is 77.4 Å². The zero-order valence-electron chi connectivity index (χ0n) is 67.1. The topological polar surface area (TPSA) is 309 Å². The lowest BCUT2D eigenvalue weighted by Gasteiger charge is -2.45. The van der Waals surface area contributed by atoms with Gasteiger partial charge in [0.1, 0.15) is 36.6 Å². The Morgan fingerprint density at radius 3 is 1.05 bits per heavy atom. The molecule has 1 heterocycles. The average molecular weight is 1510 g/mol.